The predicted octanol–water partition coefficient (Wildman–Crippen LogP) is 1.92. The maximum absolute atomic E-state index is 5.96. The van der Waals surface area contributed by atoms with E-state index in [-0.39, 0.29) is 5.72 Å². The van der Waals surface area contributed by atoms with Gasteiger partial charge in [0.15, 0.2) is 0 Å². The molecule has 0 bridgehead atoms. The largest absolute Gasteiger partial charge is 0.383 e. The van der Waals surface area contributed by atoms with Crippen LogP contribution in [-0.2, 0) is 9.47 Å². The monoisotopic (exact) mass is 213 g/mol. The Bertz CT molecular complexity index is 198. The van der Waals surface area contributed by atoms with Crippen molar-refractivity contribution in [1.29, 1.82) is 0 Å². The molecule has 0 aromatic rings. The van der Waals surface area contributed by atoms with Crippen LogP contribution in [0.4, 0.5) is 0 Å². The molecule has 1 aliphatic carbocycles. The van der Waals surface area contributed by atoms with Crippen molar-refractivity contribution in [2.75, 3.05) is 20.3 Å². The first-order valence-corrected chi connectivity index (χ1v) is 6.15. The smallest absolute Gasteiger partial charge is 0.119 e. The highest BCUT2D eigenvalue weighted by atomic mass is 16.5. The van der Waals surface area contributed by atoms with E-state index in [4.69, 9.17) is 9.47 Å². The summed E-state index contributed by atoms with van der Waals surface area (Å²) in [6.45, 7) is 4.03. The molecule has 1 aliphatic heterocycles. The second kappa shape index (κ2) is 4.81. The average molecular weight is 213 g/mol. The molecule has 0 amide bonds. The highest BCUT2D eigenvalue weighted by molar-refractivity contribution is 4.90. The maximum Gasteiger partial charge on any atom is 0.119 e. The van der Waals surface area contributed by atoms with Crippen molar-refractivity contribution >= 4 is 0 Å². The molecule has 2 fully saturated rings. The van der Waals surface area contributed by atoms with E-state index < -0.39 is 0 Å². The van der Waals surface area contributed by atoms with E-state index in [0.717, 1.165) is 38.4 Å². The molecule has 3 heteroatoms. The molecule has 2 rings (SSSR count). The van der Waals surface area contributed by atoms with Gasteiger partial charge in [0, 0.05) is 13.2 Å². The van der Waals surface area contributed by atoms with Crippen LogP contribution in [0.3, 0.4) is 0 Å². The summed E-state index contributed by atoms with van der Waals surface area (Å²) in [5, 5.41) is 3.64. The van der Waals surface area contributed by atoms with E-state index in [0.29, 0.717) is 6.04 Å². The molecule has 88 valence electrons. The summed E-state index contributed by atoms with van der Waals surface area (Å²) < 4.78 is 11.2. The van der Waals surface area contributed by atoms with Crippen molar-refractivity contribution in [3.8, 4) is 0 Å². The molecule has 1 atom stereocenters. The minimum Gasteiger partial charge on any atom is -0.383 e. The molecular formula is C12H23NO2. The normalized spacial score (nSPS) is 42.0. The lowest BCUT2D eigenvalue weighted by Gasteiger charge is -2.45. The van der Waals surface area contributed by atoms with Gasteiger partial charge >= 0.3 is 0 Å². The fourth-order valence-corrected chi connectivity index (χ4v) is 2.73. The number of rotatable bonds is 2. The van der Waals surface area contributed by atoms with Crippen LogP contribution < -0.4 is 5.32 Å². The van der Waals surface area contributed by atoms with Crippen LogP contribution in [0.5, 0.6) is 0 Å². The summed E-state index contributed by atoms with van der Waals surface area (Å²) in [4.78, 5) is 0. The molecule has 15 heavy (non-hydrogen) atoms. The number of ether oxygens (including phenoxy) is 2. The van der Waals surface area contributed by atoms with Crippen molar-refractivity contribution in [2.45, 2.75) is 50.8 Å². The van der Waals surface area contributed by atoms with Gasteiger partial charge in [-0.2, -0.15) is 0 Å². The molecule has 1 unspecified atom stereocenters. The minimum atomic E-state index is -0.0199. The summed E-state index contributed by atoms with van der Waals surface area (Å²) in [6, 6.07) is 0.483. The summed E-state index contributed by atoms with van der Waals surface area (Å²) in [5.41, 5.74) is -0.0199. The summed E-state index contributed by atoms with van der Waals surface area (Å²) in [7, 11) is 1.77. The molecule has 0 aromatic carbocycles. The van der Waals surface area contributed by atoms with Gasteiger partial charge < -0.3 is 9.47 Å². The van der Waals surface area contributed by atoms with Crippen LogP contribution in [0.15, 0.2) is 0 Å². The highest BCUT2D eigenvalue weighted by Crippen LogP contribution is 2.35. The molecule has 1 N–H and O–H groups in total. The molecule has 0 radical (unpaired) electrons. The zero-order valence-electron chi connectivity index (χ0n) is 9.92. The van der Waals surface area contributed by atoms with Crippen molar-refractivity contribution in [2.24, 2.45) is 5.92 Å². The van der Waals surface area contributed by atoms with Crippen LogP contribution in [0.25, 0.3) is 0 Å². The Morgan fingerprint density at radius 3 is 2.73 bits per heavy atom. The lowest BCUT2D eigenvalue weighted by molar-refractivity contribution is -0.140. The Labute approximate surface area is 92.5 Å². The number of methoxy groups -OCH3 is 1. The third-order valence-electron chi connectivity index (χ3n) is 3.76. The molecule has 2 aliphatic rings. The summed E-state index contributed by atoms with van der Waals surface area (Å²) in [6.07, 6.45) is 5.97. The van der Waals surface area contributed by atoms with Crippen molar-refractivity contribution in [3.05, 3.63) is 0 Å². The molecule has 0 aromatic heterocycles. The SMILES string of the molecule is COCC1CCOC2(CCC(C)CC2)N1. The molecule has 1 spiro atoms. The first-order valence-electron chi connectivity index (χ1n) is 6.15. The van der Waals surface area contributed by atoms with E-state index in [1.807, 2.05) is 0 Å². The van der Waals surface area contributed by atoms with E-state index in [1.165, 1.54) is 12.8 Å². The van der Waals surface area contributed by atoms with E-state index in [9.17, 15) is 0 Å². The quantitative estimate of drug-likeness (QED) is 0.760. The first-order chi connectivity index (χ1) is 7.24. The van der Waals surface area contributed by atoms with Gasteiger partial charge in [-0.25, -0.2) is 0 Å². The van der Waals surface area contributed by atoms with Gasteiger partial charge in [-0.1, -0.05) is 6.92 Å². The van der Waals surface area contributed by atoms with Crippen LogP contribution >= 0.6 is 0 Å². The molecule has 1 heterocycles. The van der Waals surface area contributed by atoms with E-state index >= 15 is 0 Å². The van der Waals surface area contributed by atoms with E-state index in [1.54, 1.807) is 7.11 Å². The zero-order valence-corrected chi connectivity index (χ0v) is 9.92. The fourth-order valence-electron chi connectivity index (χ4n) is 2.73. The van der Waals surface area contributed by atoms with Gasteiger partial charge in [-0.3, -0.25) is 5.32 Å². The number of hydrogen-bond acceptors (Lipinski definition) is 3. The number of hydrogen-bond donors (Lipinski definition) is 1. The van der Waals surface area contributed by atoms with Crippen molar-refractivity contribution in [1.82, 2.24) is 5.32 Å². The topological polar surface area (TPSA) is 30.5 Å². The fraction of sp³-hybridized carbons (Fsp3) is 1.00. The molecule has 1 saturated heterocycles. The van der Waals surface area contributed by atoms with Gasteiger partial charge in [0.2, 0.25) is 0 Å². The predicted molar refractivity (Wildman–Crippen MR) is 59.7 cm³/mol. The molecule has 3 nitrogen and oxygen atoms in total. The second-order valence-corrected chi connectivity index (χ2v) is 5.11. The Morgan fingerprint density at radius 1 is 1.33 bits per heavy atom. The molecule has 1 saturated carbocycles. The zero-order chi connectivity index (χ0) is 10.7. The summed E-state index contributed by atoms with van der Waals surface area (Å²) in [5.74, 6) is 0.865. The second-order valence-electron chi connectivity index (χ2n) is 5.11. The minimum absolute atomic E-state index is 0.0199. The van der Waals surface area contributed by atoms with Gasteiger partial charge in [0.1, 0.15) is 5.72 Å². The lowest BCUT2D eigenvalue weighted by Crippen LogP contribution is -2.59. The van der Waals surface area contributed by atoms with Crippen LogP contribution in [0.2, 0.25) is 0 Å². The van der Waals surface area contributed by atoms with Crippen molar-refractivity contribution < 1.29 is 9.47 Å². The van der Waals surface area contributed by atoms with Crippen LogP contribution in [0, 0.1) is 5.92 Å². The van der Waals surface area contributed by atoms with Crippen LogP contribution in [-0.4, -0.2) is 32.1 Å². The lowest BCUT2D eigenvalue weighted by atomic mass is 9.83. The first kappa shape index (κ1) is 11.4. The Kier molecular flexibility index (Phi) is 3.65. The Balaban J connectivity index is 1.90. The average Bonchev–Trinajstić information content (AvgIpc) is 2.24. The standard InChI is InChI=1S/C12H23NO2/c1-10-3-6-12(7-4-10)13-11(9-14-2)5-8-15-12/h10-11,13H,3-9H2,1-2H3. The maximum atomic E-state index is 5.96. The van der Waals surface area contributed by atoms with Gasteiger partial charge in [0.25, 0.3) is 0 Å². The number of nitrogens with one attached hydrogen (secondary N) is 1. The Hall–Kier alpha value is -0.120. The van der Waals surface area contributed by atoms with Gasteiger partial charge in [-0.05, 0) is 38.0 Å². The Morgan fingerprint density at radius 2 is 2.07 bits per heavy atom. The van der Waals surface area contributed by atoms with Gasteiger partial charge in [0.05, 0.1) is 13.2 Å². The highest BCUT2D eigenvalue weighted by Gasteiger charge is 2.39. The van der Waals surface area contributed by atoms with E-state index in [2.05, 4.69) is 12.2 Å². The summed E-state index contributed by atoms with van der Waals surface area (Å²) >= 11 is 0. The third kappa shape index (κ3) is 2.71. The van der Waals surface area contributed by atoms with Gasteiger partial charge in [-0.15, -0.1) is 0 Å². The third-order valence-corrected chi connectivity index (χ3v) is 3.76. The van der Waals surface area contributed by atoms with Crippen molar-refractivity contribution in [3.63, 3.8) is 0 Å². The van der Waals surface area contributed by atoms with Crippen LogP contribution in [0.1, 0.15) is 39.0 Å². The molecular weight excluding hydrogens is 190 g/mol.